The van der Waals surface area contributed by atoms with Crippen LogP contribution in [0.2, 0.25) is 0 Å². The third-order valence-electron chi connectivity index (χ3n) is 17.0. The summed E-state index contributed by atoms with van der Waals surface area (Å²) in [6.07, 6.45) is 10.4. The number of benzene rings is 4. The first-order chi connectivity index (χ1) is 39.4. The number of rotatable bonds is 9. The lowest BCUT2D eigenvalue weighted by Crippen LogP contribution is -2.48. The van der Waals surface area contributed by atoms with E-state index in [1.807, 2.05) is 85.0 Å². The maximum Gasteiger partial charge on any atom is 0.343 e. The summed E-state index contributed by atoms with van der Waals surface area (Å²) in [5.41, 5.74) is 6.57. The highest BCUT2D eigenvalue weighted by Crippen LogP contribution is 2.53. The molecular weight excluding hydrogens is 1040 g/mol. The molecule has 82 heavy (non-hydrogen) atoms. The number of hydrogen-bond acceptors (Lipinski definition) is 14. The summed E-state index contributed by atoms with van der Waals surface area (Å²) in [5, 5.41) is 20.4. The summed E-state index contributed by atoms with van der Waals surface area (Å²) in [7, 11) is 2.68. The fourth-order valence-electron chi connectivity index (χ4n) is 12.6. The average molecular weight is 1100 g/mol. The third-order valence-corrected chi connectivity index (χ3v) is 17.0. The lowest BCUT2D eigenvalue weighted by Gasteiger charge is -2.47. The number of nitrogens with zero attached hydrogens (tertiary/aromatic N) is 6. The van der Waals surface area contributed by atoms with Crippen LogP contribution < -0.4 is 9.80 Å². The molecule has 0 amide bonds. The van der Waals surface area contributed by atoms with E-state index in [-0.39, 0.29) is 45.9 Å². The van der Waals surface area contributed by atoms with Crippen LogP contribution in [0.25, 0.3) is 9.69 Å². The molecule has 16 heteroatoms. The van der Waals surface area contributed by atoms with Gasteiger partial charge in [0.25, 0.3) is 11.6 Å². The van der Waals surface area contributed by atoms with E-state index in [4.69, 9.17) is 41.6 Å². The summed E-state index contributed by atoms with van der Waals surface area (Å²) in [5.74, 6) is -5.01. The minimum Gasteiger partial charge on any atom is -0.465 e. The molecule has 4 aliphatic heterocycles. The van der Waals surface area contributed by atoms with E-state index >= 15 is 0 Å². The summed E-state index contributed by atoms with van der Waals surface area (Å²) in [6.45, 7) is 25.1. The normalized spacial score (nSPS) is 26.3. The Kier molecular flexibility index (Phi) is 15.0. The zero-order valence-electron chi connectivity index (χ0n) is 46.5. The third kappa shape index (κ3) is 10.2. The number of methoxy groups -OCH3 is 2. The zero-order chi connectivity index (χ0) is 58.1. The summed E-state index contributed by atoms with van der Waals surface area (Å²) < 4.78 is 35.3. The van der Waals surface area contributed by atoms with Crippen molar-refractivity contribution in [2.24, 2.45) is 11.8 Å². The van der Waals surface area contributed by atoms with Crippen LogP contribution in [0.5, 0.6) is 0 Å². The highest BCUT2D eigenvalue weighted by atomic mass is 16.7. The van der Waals surface area contributed by atoms with Gasteiger partial charge in [-0.25, -0.2) is 39.4 Å². The van der Waals surface area contributed by atoms with Crippen LogP contribution >= 0.6 is 0 Å². The van der Waals surface area contributed by atoms with E-state index in [0.717, 1.165) is 45.0 Å². The number of anilines is 2. The first-order valence-corrected chi connectivity index (χ1v) is 27.2. The topological polar surface area (TPSA) is 186 Å². The number of hydrogen-bond donors (Lipinski definition) is 0. The van der Waals surface area contributed by atoms with Gasteiger partial charge in [-0.05, 0) is 120 Å². The minimum atomic E-state index is -1.40. The smallest absolute Gasteiger partial charge is 0.343 e. The van der Waals surface area contributed by atoms with Crippen molar-refractivity contribution in [3.05, 3.63) is 223 Å². The molecule has 414 valence electrons. The van der Waals surface area contributed by atoms with Crippen molar-refractivity contribution in [2.75, 3.05) is 24.0 Å². The minimum absolute atomic E-state index is 0.0434. The zero-order valence-corrected chi connectivity index (χ0v) is 46.5. The Morgan fingerprint density at radius 3 is 1.26 bits per heavy atom. The Hall–Kier alpha value is -9.64. The van der Waals surface area contributed by atoms with Crippen LogP contribution in [0.1, 0.15) is 122 Å². The second-order valence-corrected chi connectivity index (χ2v) is 22.4. The molecule has 2 saturated heterocycles. The molecule has 0 bridgehead atoms. The molecule has 16 nitrogen and oxygen atoms in total. The highest BCUT2D eigenvalue weighted by Gasteiger charge is 2.52. The van der Waals surface area contributed by atoms with E-state index in [1.165, 1.54) is 14.2 Å². The molecule has 4 aromatic rings. The second-order valence-electron chi connectivity index (χ2n) is 22.4. The van der Waals surface area contributed by atoms with Gasteiger partial charge in [0.2, 0.25) is 0 Å². The van der Waals surface area contributed by atoms with Crippen molar-refractivity contribution in [3.63, 3.8) is 0 Å². The molecule has 0 aromatic heterocycles. The molecule has 4 aromatic carbocycles. The number of fused-ring (bicyclic) bond motifs is 2. The molecule has 2 spiro atoms. The van der Waals surface area contributed by atoms with Crippen molar-refractivity contribution in [1.29, 1.82) is 10.5 Å². The lowest BCUT2D eigenvalue weighted by molar-refractivity contribution is -0.248. The summed E-state index contributed by atoms with van der Waals surface area (Å²) >= 11 is 0. The average Bonchev–Trinajstić information content (AvgIpc) is 3.30. The molecule has 2 saturated carbocycles. The van der Waals surface area contributed by atoms with Gasteiger partial charge in [-0.15, -0.1) is 0 Å². The van der Waals surface area contributed by atoms with Gasteiger partial charge in [-0.3, -0.25) is 0 Å². The monoisotopic (exact) mass is 1100 g/mol. The van der Waals surface area contributed by atoms with Crippen LogP contribution in [0.15, 0.2) is 167 Å². The standard InChI is InChI=1S/C66H60N6O10/c1-63(2)49-13-9-11-15-53(49)71(39-41-17-21-45(22-18-41)59(73)77-7)55(63)27-25-47-57(51(37-67)69-5)79-65(81-61(47)75)33-29-43(30-34-65)44-31-35-66(36-32-44)80-58(52(38-68)70-6)48(62(76)82-66)26-28-56-64(3,4)50-14-10-12-16-54(50)72(56)40-42-19-23-46(24-20-42)60(74)78-8/h9-28,43-44H,29-36,39-40H2,1-4,7-8H3/b47-25?,48-26?,55-27?,56-28?,57-51-,58-52+. The van der Waals surface area contributed by atoms with Gasteiger partial charge in [0.05, 0.1) is 61.8 Å². The predicted octanol–water partition coefficient (Wildman–Crippen LogP) is 12.4. The Morgan fingerprint density at radius 1 is 0.573 bits per heavy atom. The van der Waals surface area contributed by atoms with E-state index in [0.29, 0.717) is 75.6 Å². The number of carbonyl (C=O) groups excluding carboxylic acids is 4. The molecular formula is C66H60N6O10. The van der Waals surface area contributed by atoms with E-state index in [2.05, 4.69) is 59.3 Å². The fourth-order valence-corrected chi connectivity index (χ4v) is 12.6. The van der Waals surface area contributed by atoms with Crippen molar-refractivity contribution in [1.82, 2.24) is 0 Å². The molecule has 0 N–H and O–H groups in total. The van der Waals surface area contributed by atoms with Crippen LogP contribution in [0.4, 0.5) is 11.4 Å². The number of nitriles is 2. The molecule has 10 rings (SSSR count). The van der Waals surface area contributed by atoms with E-state index in [1.54, 1.807) is 36.4 Å². The van der Waals surface area contributed by atoms with Gasteiger partial charge in [-0.2, -0.15) is 0 Å². The lowest BCUT2D eigenvalue weighted by atomic mass is 9.70. The van der Waals surface area contributed by atoms with Crippen molar-refractivity contribution in [3.8, 4) is 12.1 Å². The van der Waals surface area contributed by atoms with Crippen molar-refractivity contribution in [2.45, 2.75) is 115 Å². The van der Waals surface area contributed by atoms with E-state index in [9.17, 15) is 29.7 Å². The molecule has 0 radical (unpaired) electrons. The Bertz CT molecular complexity index is 3390. The maximum atomic E-state index is 14.3. The van der Waals surface area contributed by atoms with Crippen LogP contribution in [-0.2, 0) is 61.9 Å². The largest absolute Gasteiger partial charge is 0.465 e. The van der Waals surface area contributed by atoms with Crippen molar-refractivity contribution < 1.29 is 47.6 Å². The number of esters is 4. The second kappa shape index (κ2) is 22.1. The Morgan fingerprint density at radius 2 is 0.927 bits per heavy atom. The van der Waals surface area contributed by atoms with Gasteiger partial charge in [0.1, 0.15) is 0 Å². The van der Waals surface area contributed by atoms with Crippen LogP contribution in [-0.4, -0.2) is 49.7 Å². The fraction of sp³-hybridized carbons (Fsp3) is 0.333. The van der Waals surface area contributed by atoms with Gasteiger partial charge in [0.15, 0.2) is 11.5 Å². The van der Waals surface area contributed by atoms with E-state index < -0.39 is 46.3 Å². The Balaban J connectivity index is 0.837. The SMILES string of the molecule is [C-]#[N+]/C(C#N)=C1\OC2(CCC(C3CCC4(CC3)OC(=O)C(=CC=C3N(Cc5ccc(C(=O)OC)cc5)c5ccccc5C3(C)C)/C(=C(/C#N)[N+]#[C-])O4)CC2)OC(=O)C1=CC=C1N(Cc2ccc(C(=O)OC)cc2)c2ccccc2C1(C)C. The first-order valence-electron chi connectivity index (χ1n) is 27.2. The molecule has 4 heterocycles. The van der Waals surface area contributed by atoms with Crippen LogP contribution in [0.3, 0.4) is 0 Å². The number of para-hydroxylation sites is 2. The molecule has 4 fully saturated rings. The number of ether oxygens (including phenoxy) is 6. The van der Waals surface area contributed by atoms with Crippen molar-refractivity contribution >= 4 is 35.3 Å². The van der Waals surface area contributed by atoms with Gasteiger partial charge >= 0.3 is 35.3 Å². The Labute approximate surface area is 477 Å². The van der Waals surface area contributed by atoms with Gasteiger partial charge in [-0.1, -0.05) is 88.4 Å². The highest BCUT2D eigenvalue weighted by molar-refractivity contribution is 5.96. The summed E-state index contributed by atoms with van der Waals surface area (Å²) in [4.78, 5) is 64.2. The number of allylic oxidation sites excluding steroid dienone is 8. The molecule has 0 unspecified atom stereocenters. The summed E-state index contributed by atoms with van der Waals surface area (Å²) in [6, 6.07) is 34.3. The molecule has 6 aliphatic rings. The van der Waals surface area contributed by atoms with Crippen LogP contribution in [0, 0.1) is 47.6 Å². The number of carbonyl (C=O) groups is 4. The first kappa shape index (κ1) is 55.7. The molecule has 2 aliphatic carbocycles. The molecule has 0 atom stereocenters. The maximum absolute atomic E-state index is 14.3. The predicted molar refractivity (Wildman–Crippen MR) is 301 cm³/mol. The van der Waals surface area contributed by atoms with Gasteiger partial charge < -0.3 is 38.2 Å². The van der Waals surface area contributed by atoms with Gasteiger partial charge in [0, 0.05) is 72.4 Å². The quantitative estimate of drug-likeness (QED) is 0.0506.